The Morgan fingerprint density at radius 3 is 0.775 bits per heavy atom. The molecule has 0 saturated carbocycles. The summed E-state index contributed by atoms with van der Waals surface area (Å²) in [6.45, 7) is 6.38. The number of ether oxygens (including phenoxy) is 3. The monoisotopic (exact) mass is 1100 g/mol. The van der Waals surface area contributed by atoms with Gasteiger partial charge in [-0.15, -0.1) is 0 Å². The summed E-state index contributed by atoms with van der Waals surface area (Å²) in [5.41, 5.74) is 0. The summed E-state index contributed by atoms with van der Waals surface area (Å²) < 4.78 is 16.9. The minimum Gasteiger partial charge on any atom is -0.462 e. The van der Waals surface area contributed by atoms with Gasteiger partial charge in [-0.25, -0.2) is 0 Å². The van der Waals surface area contributed by atoms with Crippen molar-refractivity contribution in [3.8, 4) is 0 Å². The standard InChI is InChI=1S/C74H120O6/c1-4-7-10-13-16-19-22-25-28-31-33-34-35-36-37-38-39-40-41-44-46-49-52-55-58-61-64-67-73(76)79-70-71(69-78-72(75)66-63-60-57-54-51-48-45-42-30-27-24-21-18-15-12-9-6-3)80-74(77)68-65-62-59-56-53-50-47-43-32-29-26-23-20-17-14-11-8-5-2/h7,9-10,12,16,18-19,21,25,27-30,32-34,36-37,39-40,44-46,48,71H,4-6,8,11,13-15,17,20,22-24,26,31,35,38,41-43,47,49-70H2,1-3H3/b10-7-,12-9-,19-16-,21-18-,28-25-,30-27-,32-29-,34-33-,37-36-,40-39-,46-44-,48-45-. The van der Waals surface area contributed by atoms with E-state index in [1.54, 1.807) is 0 Å². The van der Waals surface area contributed by atoms with E-state index in [1.807, 2.05) is 0 Å². The third-order valence-electron chi connectivity index (χ3n) is 13.6. The van der Waals surface area contributed by atoms with Crippen molar-refractivity contribution in [3.63, 3.8) is 0 Å². The van der Waals surface area contributed by atoms with Crippen molar-refractivity contribution in [3.05, 3.63) is 146 Å². The van der Waals surface area contributed by atoms with Gasteiger partial charge in [-0.3, -0.25) is 14.4 Å². The lowest BCUT2D eigenvalue weighted by molar-refractivity contribution is -0.167. The molecule has 80 heavy (non-hydrogen) atoms. The number of esters is 3. The van der Waals surface area contributed by atoms with Gasteiger partial charge in [-0.1, -0.05) is 269 Å². The molecule has 0 rings (SSSR count). The summed E-state index contributed by atoms with van der Waals surface area (Å²) in [5, 5.41) is 0. The van der Waals surface area contributed by atoms with Crippen molar-refractivity contribution in [1.82, 2.24) is 0 Å². The minimum absolute atomic E-state index is 0.103. The highest BCUT2D eigenvalue weighted by Gasteiger charge is 2.19. The fourth-order valence-corrected chi connectivity index (χ4v) is 8.70. The number of unbranched alkanes of at least 4 members (excludes halogenated alkanes) is 23. The molecule has 0 bridgehead atoms. The lowest BCUT2D eigenvalue weighted by Crippen LogP contribution is -2.30. The zero-order valence-electron chi connectivity index (χ0n) is 51.8. The Hall–Kier alpha value is -4.71. The summed E-state index contributed by atoms with van der Waals surface area (Å²) >= 11 is 0. The number of carbonyl (C=O) groups excluding carboxylic acids is 3. The second kappa shape index (κ2) is 66.8. The van der Waals surface area contributed by atoms with E-state index in [0.717, 1.165) is 161 Å². The highest BCUT2D eigenvalue weighted by molar-refractivity contribution is 5.71. The van der Waals surface area contributed by atoms with Crippen LogP contribution in [-0.2, 0) is 28.6 Å². The molecule has 1 atom stereocenters. The summed E-state index contributed by atoms with van der Waals surface area (Å²) in [6.07, 6.45) is 95.6. The maximum absolute atomic E-state index is 12.9. The lowest BCUT2D eigenvalue weighted by Gasteiger charge is -2.18. The molecule has 6 nitrogen and oxygen atoms in total. The van der Waals surface area contributed by atoms with Crippen LogP contribution in [0.5, 0.6) is 0 Å². The first-order valence-electron chi connectivity index (χ1n) is 32.8. The average Bonchev–Trinajstić information content (AvgIpc) is 3.46. The van der Waals surface area contributed by atoms with Crippen molar-refractivity contribution in [1.29, 1.82) is 0 Å². The second-order valence-electron chi connectivity index (χ2n) is 21.3. The van der Waals surface area contributed by atoms with Crippen LogP contribution in [0.2, 0.25) is 0 Å². The molecule has 1 unspecified atom stereocenters. The molecule has 0 spiro atoms. The average molecular weight is 1110 g/mol. The molecule has 0 amide bonds. The largest absolute Gasteiger partial charge is 0.462 e. The Balaban J connectivity index is 4.46. The molecule has 6 heteroatoms. The van der Waals surface area contributed by atoms with Gasteiger partial charge in [0.1, 0.15) is 13.2 Å². The zero-order chi connectivity index (χ0) is 57.8. The van der Waals surface area contributed by atoms with Crippen LogP contribution >= 0.6 is 0 Å². The van der Waals surface area contributed by atoms with Crippen molar-refractivity contribution >= 4 is 17.9 Å². The molecule has 0 radical (unpaired) electrons. The second-order valence-corrected chi connectivity index (χ2v) is 21.3. The van der Waals surface area contributed by atoms with Crippen molar-refractivity contribution in [2.75, 3.05) is 13.2 Å². The van der Waals surface area contributed by atoms with Crippen molar-refractivity contribution in [2.24, 2.45) is 0 Å². The SMILES string of the molecule is CC/C=C\C/C=C\C/C=C\C/C=C\C/C=C\C/C=C\C/C=C\CCCCCCCC(=O)OCC(COC(=O)CCCCCC/C=C\C/C=C\C/C=C\C/C=C\CC)OC(=O)CCCCCCCCC/C=C\CCCCCCCCC. The Labute approximate surface area is 493 Å². The molecule has 0 heterocycles. The van der Waals surface area contributed by atoms with E-state index in [2.05, 4.69) is 167 Å². The van der Waals surface area contributed by atoms with E-state index < -0.39 is 6.10 Å². The molecular weight excluding hydrogens is 985 g/mol. The van der Waals surface area contributed by atoms with Crippen LogP contribution < -0.4 is 0 Å². The predicted octanol–water partition coefficient (Wildman–Crippen LogP) is 22.7. The van der Waals surface area contributed by atoms with E-state index >= 15 is 0 Å². The summed E-state index contributed by atoms with van der Waals surface area (Å²) in [6, 6.07) is 0. The molecule has 0 fully saturated rings. The normalized spacial score (nSPS) is 13.1. The summed E-state index contributed by atoms with van der Waals surface area (Å²) in [5.74, 6) is -0.946. The van der Waals surface area contributed by atoms with Crippen molar-refractivity contribution in [2.45, 2.75) is 290 Å². The highest BCUT2D eigenvalue weighted by Crippen LogP contribution is 2.15. The minimum atomic E-state index is -0.807. The first kappa shape index (κ1) is 75.3. The van der Waals surface area contributed by atoms with Crippen LogP contribution in [0.3, 0.4) is 0 Å². The lowest BCUT2D eigenvalue weighted by atomic mass is 10.1. The number of hydrogen-bond donors (Lipinski definition) is 0. The summed E-state index contributed by atoms with van der Waals surface area (Å²) in [4.78, 5) is 38.4. The van der Waals surface area contributed by atoms with Gasteiger partial charge in [0.2, 0.25) is 0 Å². The van der Waals surface area contributed by atoms with E-state index in [-0.39, 0.29) is 31.1 Å². The van der Waals surface area contributed by atoms with Crippen LogP contribution in [0, 0.1) is 0 Å². The number of allylic oxidation sites excluding steroid dienone is 24. The molecular formula is C74H120O6. The number of rotatable bonds is 58. The Morgan fingerprint density at radius 1 is 0.263 bits per heavy atom. The van der Waals surface area contributed by atoms with Gasteiger partial charge < -0.3 is 14.2 Å². The van der Waals surface area contributed by atoms with Crippen LogP contribution in [-0.4, -0.2) is 37.2 Å². The number of hydrogen-bond acceptors (Lipinski definition) is 6. The van der Waals surface area contributed by atoms with Gasteiger partial charge in [0, 0.05) is 19.3 Å². The molecule has 0 saturated heterocycles. The summed E-state index contributed by atoms with van der Waals surface area (Å²) in [7, 11) is 0. The van der Waals surface area contributed by atoms with Gasteiger partial charge in [0.25, 0.3) is 0 Å². The van der Waals surface area contributed by atoms with Gasteiger partial charge in [0.15, 0.2) is 6.10 Å². The Bertz CT molecular complexity index is 1750. The quantitative estimate of drug-likeness (QED) is 0.0261. The molecule has 0 aromatic heterocycles. The van der Waals surface area contributed by atoms with Crippen molar-refractivity contribution < 1.29 is 28.6 Å². The fraction of sp³-hybridized carbons (Fsp3) is 0.635. The van der Waals surface area contributed by atoms with Gasteiger partial charge in [-0.05, 0) is 141 Å². The maximum Gasteiger partial charge on any atom is 0.306 e. The third-order valence-corrected chi connectivity index (χ3v) is 13.6. The first-order chi connectivity index (χ1) is 39.5. The van der Waals surface area contributed by atoms with E-state index in [4.69, 9.17) is 14.2 Å². The third kappa shape index (κ3) is 64.1. The van der Waals surface area contributed by atoms with Crippen LogP contribution in [0.15, 0.2) is 146 Å². The maximum atomic E-state index is 12.9. The molecule has 452 valence electrons. The number of carbonyl (C=O) groups is 3. The van der Waals surface area contributed by atoms with E-state index in [0.29, 0.717) is 19.3 Å². The van der Waals surface area contributed by atoms with Crippen LogP contribution in [0.1, 0.15) is 284 Å². The predicted molar refractivity (Wildman–Crippen MR) is 348 cm³/mol. The highest BCUT2D eigenvalue weighted by atomic mass is 16.6. The van der Waals surface area contributed by atoms with E-state index in [1.165, 1.54) is 83.5 Å². The Morgan fingerprint density at radius 2 is 0.487 bits per heavy atom. The fourth-order valence-electron chi connectivity index (χ4n) is 8.70. The van der Waals surface area contributed by atoms with Gasteiger partial charge in [0.05, 0.1) is 0 Å². The first-order valence-corrected chi connectivity index (χ1v) is 32.8. The smallest absolute Gasteiger partial charge is 0.306 e. The Kier molecular flexibility index (Phi) is 62.9. The molecule has 0 aromatic carbocycles. The molecule has 0 aliphatic rings. The molecule has 0 N–H and O–H groups in total. The van der Waals surface area contributed by atoms with Gasteiger partial charge >= 0.3 is 17.9 Å². The van der Waals surface area contributed by atoms with E-state index in [9.17, 15) is 14.4 Å². The zero-order valence-corrected chi connectivity index (χ0v) is 51.8. The molecule has 0 aliphatic heterocycles. The molecule has 0 aromatic rings. The topological polar surface area (TPSA) is 78.9 Å². The van der Waals surface area contributed by atoms with Gasteiger partial charge in [-0.2, -0.15) is 0 Å². The molecule has 0 aliphatic carbocycles. The van der Waals surface area contributed by atoms with Crippen LogP contribution in [0.25, 0.3) is 0 Å². The van der Waals surface area contributed by atoms with Crippen LogP contribution in [0.4, 0.5) is 0 Å².